The second-order valence-electron chi connectivity index (χ2n) is 8.83. The van der Waals surface area contributed by atoms with Crippen molar-refractivity contribution >= 4 is 21.7 Å². The van der Waals surface area contributed by atoms with E-state index in [1.54, 1.807) is 18.2 Å². The summed E-state index contributed by atoms with van der Waals surface area (Å²) in [6, 6.07) is 11.6. The Bertz CT molecular complexity index is 1220. The van der Waals surface area contributed by atoms with Gasteiger partial charge >= 0.3 is 5.97 Å². The highest BCUT2D eigenvalue weighted by atomic mass is 32.2. The van der Waals surface area contributed by atoms with E-state index in [1.165, 1.54) is 18.3 Å². The third-order valence-electron chi connectivity index (χ3n) is 6.02. The first-order valence-corrected chi connectivity index (χ1v) is 13.3. The second kappa shape index (κ2) is 11.4. The number of ether oxygens (including phenoxy) is 1. The summed E-state index contributed by atoms with van der Waals surface area (Å²) in [5.74, 6) is -0.313. The lowest BCUT2D eigenvalue weighted by Gasteiger charge is -2.37. The molecule has 8 nitrogen and oxygen atoms in total. The van der Waals surface area contributed by atoms with Crippen LogP contribution >= 0.6 is 0 Å². The fourth-order valence-corrected chi connectivity index (χ4v) is 5.44. The number of esters is 1. The number of aryl methyl sites for hydroxylation is 1. The third kappa shape index (κ3) is 6.61. The van der Waals surface area contributed by atoms with E-state index in [4.69, 9.17) is 10.00 Å². The van der Waals surface area contributed by atoms with E-state index in [2.05, 4.69) is 9.71 Å². The lowest BCUT2D eigenvalue weighted by Crippen LogP contribution is -2.40. The highest BCUT2D eigenvalue weighted by molar-refractivity contribution is 7.92. The van der Waals surface area contributed by atoms with Gasteiger partial charge in [-0.25, -0.2) is 9.78 Å². The first-order chi connectivity index (χ1) is 16.7. The van der Waals surface area contributed by atoms with E-state index < -0.39 is 21.6 Å². The lowest BCUT2D eigenvalue weighted by molar-refractivity contribution is -0.161. The molecule has 0 saturated heterocycles. The monoisotopic (exact) mass is 497 g/mol. The Morgan fingerprint density at radius 1 is 1.17 bits per heavy atom. The number of cyclic esters (lactones) is 1. The lowest BCUT2D eigenvalue weighted by atomic mass is 9.84. The number of rotatable bonds is 11. The van der Waals surface area contributed by atoms with Gasteiger partial charge in [0.05, 0.1) is 11.1 Å². The summed E-state index contributed by atoms with van der Waals surface area (Å²) in [5.41, 5.74) is 1.26. The standard InChI is InChI=1S/C26H31N3O5S/c1-3-13-26(14-4-2)16-23(30)22(25(31)34-26)10-6-8-19-7-5-9-21(15-19)29-35(32,33)24-12-11-20(17-27)18-28-24/h5,7,9,11-12,15,18,29-30H,3-4,6,8,10,13-14,16H2,1-2H3. The molecule has 1 aromatic carbocycles. The number of nitrogens with zero attached hydrogens (tertiary/aromatic N) is 2. The smallest absolute Gasteiger partial charge is 0.337 e. The molecule has 186 valence electrons. The van der Waals surface area contributed by atoms with Gasteiger partial charge in [-0.1, -0.05) is 38.8 Å². The van der Waals surface area contributed by atoms with Crippen molar-refractivity contribution in [1.82, 2.24) is 4.98 Å². The van der Waals surface area contributed by atoms with E-state index in [1.807, 2.05) is 26.0 Å². The van der Waals surface area contributed by atoms with Crippen LogP contribution in [0.25, 0.3) is 0 Å². The van der Waals surface area contributed by atoms with Gasteiger partial charge in [0.1, 0.15) is 17.4 Å². The number of sulfonamides is 1. The molecule has 2 heterocycles. The minimum atomic E-state index is -3.90. The molecule has 0 spiro atoms. The zero-order valence-electron chi connectivity index (χ0n) is 20.1. The van der Waals surface area contributed by atoms with Crippen LogP contribution in [-0.2, 0) is 26.0 Å². The molecular formula is C26H31N3O5S. The Morgan fingerprint density at radius 3 is 2.51 bits per heavy atom. The van der Waals surface area contributed by atoms with Crippen LogP contribution in [0.5, 0.6) is 0 Å². The summed E-state index contributed by atoms with van der Waals surface area (Å²) < 4.78 is 33.5. The molecule has 1 aliphatic heterocycles. The Kier molecular flexibility index (Phi) is 8.52. The molecule has 35 heavy (non-hydrogen) atoms. The van der Waals surface area contributed by atoms with Gasteiger partial charge in [-0.2, -0.15) is 13.7 Å². The number of nitriles is 1. The number of aliphatic hydroxyl groups excluding tert-OH is 1. The quantitative estimate of drug-likeness (QED) is 0.409. The SMILES string of the molecule is CCCC1(CCC)CC(O)=C(CCCc2cccc(NS(=O)(=O)c3ccc(C#N)cn3)c2)C(=O)O1. The van der Waals surface area contributed by atoms with Gasteiger partial charge in [0.25, 0.3) is 10.0 Å². The largest absolute Gasteiger partial charge is 0.512 e. The highest BCUT2D eigenvalue weighted by Crippen LogP contribution is 2.37. The summed E-state index contributed by atoms with van der Waals surface area (Å²) in [6.07, 6.45) is 6.32. The average Bonchev–Trinajstić information content (AvgIpc) is 2.81. The molecule has 1 aromatic heterocycles. The van der Waals surface area contributed by atoms with Crippen LogP contribution in [0, 0.1) is 11.3 Å². The Balaban J connectivity index is 1.63. The summed E-state index contributed by atoms with van der Waals surface area (Å²) in [5, 5.41) is 19.3. The van der Waals surface area contributed by atoms with Crippen LogP contribution in [0.1, 0.15) is 69.9 Å². The molecule has 0 fully saturated rings. The van der Waals surface area contributed by atoms with E-state index in [0.717, 1.165) is 31.2 Å². The maximum absolute atomic E-state index is 12.7. The Morgan fingerprint density at radius 2 is 1.91 bits per heavy atom. The summed E-state index contributed by atoms with van der Waals surface area (Å²) in [7, 11) is -3.90. The molecule has 2 N–H and O–H groups in total. The zero-order valence-corrected chi connectivity index (χ0v) is 20.9. The van der Waals surface area contributed by atoms with Gasteiger partial charge in [-0.15, -0.1) is 0 Å². The minimum absolute atomic E-state index is 0.125. The zero-order chi connectivity index (χ0) is 25.5. The van der Waals surface area contributed by atoms with Crippen molar-refractivity contribution in [3.8, 4) is 6.07 Å². The van der Waals surface area contributed by atoms with Gasteiger partial charge in [-0.3, -0.25) is 4.72 Å². The van der Waals surface area contributed by atoms with Crippen LogP contribution < -0.4 is 4.72 Å². The summed E-state index contributed by atoms with van der Waals surface area (Å²) in [6.45, 7) is 4.08. The van der Waals surface area contributed by atoms with E-state index in [-0.39, 0.29) is 16.3 Å². The van der Waals surface area contributed by atoms with Crippen molar-refractivity contribution in [2.24, 2.45) is 0 Å². The number of carbonyl (C=O) groups excluding carboxylic acids is 1. The molecule has 1 aliphatic rings. The number of nitrogens with one attached hydrogen (secondary N) is 1. The van der Waals surface area contributed by atoms with Crippen molar-refractivity contribution in [1.29, 1.82) is 5.26 Å². The second-order valence-corrected chi connectivity index (χ2v) is 10.5. The number of carbonyl (C=O) groups is 1. The molecule has 2 aromatic rings. The fourth-order valence-electron chi connectivity index (χ4n) is 4.46. The molecule has 0 bridgehead atoms. The summed E-state index contributed by atoms with van der Waals surface area (Å²) in [4.78, 5) is 16.5. The summed E-state index contributed by atoms with van der Waals surface area (Å²) >= 11 is 0. The van der Waals surface area contributed by atoms with Crippen molar-refractivity contribution in [3.05, 3.63) is 65.1 Å². The van der Waals surface area contributed by atoms with Crippen LogP contribution in [0.2, 0.25) is 0 Å². The highest BCUT2D eigenvalue weighted by Gasteiger charge is 2.40. The number of anilines is 1. The van der Waals surface area contributed by atoms with E-state index in [9.17, 15) is 18.3 Å². The third-order valence-corrected chi connectivity index (χ3v) is 7.31. The molecule has 0 radical (unpaired) electrons. The molecule has 9 heteroatoms. The maximum atomic E-state index is 12.7. The van der Waals surface area contributed by atoms with Crippen molar-refractivity contribution in [3.63, 3.8) is 0 Å². The Labute approximate surface area is 206 Å². The van der Waals surface area contributed by atoms with Gasteiger partial charge in [0.15, 0.2) is 5.03 Å². The fraction of sp³-hybridized carbons (Fsp3) is 0.423. The van der Waals surface area contributed by atoms with Gasteiger partial charge in [0, 0.05) is 18.3 Å². The van der Waals surface area contributed by atoms with Crippen LogP contribution in [0.4, 0.5) is 5.69 Å². The predicted molar refractivity (Wildman–Crippen MR) is 132 cm³/mol. The topological polar surface area (TPSA) is 129 Å². The van der Waals surface area contributed by atoms with Gasteiger partial charge in [0.2, 0.25) is 0 Å². The maximum Gasteiger partial charge on any atom is 0.337 e. The predicted octanol–water partition coefficient (Wildman–Crippen LogP) is 5.17. The number of pyridine rings is 1. The molecule has 0 amide bonds. The van der Waals surface area contributed by atoms with Crippen LogP contribution in [0.3, 0.4) is 0 Å². The normalized spacial score (nSPS) is 15.4. The number of hydrogen-bond acceptors (Lipinski definition) is 7. The molecule has 0 aliphatic carbocycles. The minimum Gasteiger partial charge on any atom is -0.512 e. The first kappa shape index (κ1) is 26.2. The molecular weight excluding hydrogens is 466 g/mol. The van der Waals surface area contributed by atoms with Crippen molar-refractivity contribution in [2.45, 2.75) is 75.8 Å². The van der Waals surface area contributed by atoms with Crippen molar-refractivity contribution < 1.29 is 23.1 Å². The molecule has 3 rings (SSSR count). The number of aromatic nitrogens is 1. The van der Waals surface area contributed by atoms with E-state index >= 15 is 0 Å². The first-order valence-electron chi connectivity index (χ1n) is 11.8. The van der Waals surface area contributed by atoms with Crippen LogP contribution in [0.15, 0.2) is 59.0 Å². The average molecular weight is 498 g/mol. The van der Waals surface area contributed by atoms with Gasteiger partial charge in [-0.05, 0) is 61.9 Å². The molecule has 0 unspecified atom stereocenters. The van der Waals surface area contributed by atoms with Crippen LogP contribution in [-0.4, -0.2) is 30.1 Å². The number of aliphatic hydroxyl groups is 1. The molecule has 0 saturated carbocycles. The van der Waals surface area contributed by atoms with E-state index in [0.29, 0.717) is 36.9 Å². The van der Waals surface area contributed by atoms with Crippen molar-refractivity contribution in [2.75, 3.05) is 4.72 Å². The van der Waals surface area contributed by atoms with Gasteiger partial charge < -0.3 is 9.84 Å². The molecule has 0 atom stereocenters. The number of benzene rings is 1. The number of hydrogen-bond donors (Lipinski definition) is 2. The Hall–Kier alpha value is -3.38.